The van der Waals surface area contributed by atoms with Crippen molar-refractivity contribution < 1.29 is 49.6 Å². The Kier molecular flexibility index (Phi) is 8.38. The summed E-state index contributed by atoms with van der Waals surface area (Å²) in [6.07, 6.45) is -5.71. The number of aliphatic hydroxyl groups is 4. The van der Waals surface area contributed by atoms with Gasteiger partial charge >= 0.3 is 5.97 Å². The molecule has 1 aromatic rings. The number of carbonyl (C=O) groups excluding carboxylic acids is 1. The predicted molar refractivity (Wildman–Crippen MR) is 97.9 cm³/mol. The Hall–Kier alpha value is -2.21. The van der Waals surface area contributed by atoms with Crippen LogP contribution in [0.15, 0.2) is 29.8 Å². The summed E-state index contributed by atoms with van der Waals surface area (Å²) in [5.41, 5.74) is 1.07. The lowest BCUT2D eigenvalue weighted by molar-refractivity contribution is -0.299. The Morgan fingerprint density at radius 1 is 1.14 bits per heavy atom. The average Bonchev–Trinajstić information content (AvgIpc) is 2.68. The maximum Gasteiger partial charge on any atom is 0.310 e. The fourth-order valence-electron chi connectivity index (χ4n) is 2.69. The molecule has 6 N–H and O–H groups in total. The Morgan fingerprint density at radius 2 is 1.86 bits per heavy atom. The molecule has 0 amide bonds. The standard InChI is InChI=1S/C19H26O10/c1-10(4-5-20)8-28-19-18(26)17(25)16(24)14(29-19)9-27-15(23)7-11-2-3-12(21)13(22)6-11/h2-4,6,14,16-22,24-26H,5,7-9H2,1H3/b10-4+/t14-,16-,17+,18-,19-/m1/s1. The highest BCUT2D eigenvalue weighted by Crippen LogP contribution is 2.26. The summed E-state index contributed by atoms with van der Waals surface area (Å²) in [7, 11) is 0. The number of phenolic OH excluding ortho intramolecular Hbond substituents is 2. The first kappa shape index (κ1) is 23.1. The van der Waals surface area contributed by atoms with E-state index in [1.807, 2.05) is 0 Å². The van der Waals surface area contributed by atoms with Crippen molar-refractivity contribution in [3.05, 3.63) is 35.4 Å². The molecule has 1 fully saturated rings. The number of aliphatic hydroxyl groups excluding tert-OH is 4. The van der Waals surface area contributed by atoms with E-state index in [0.717, 1.165) is 0 Å². The molecule has 2 rings (SSSR count). The van der Waals surface area contributed by atoms with Crippen LogP contribution in [0, 0.1) is 0 Å². The van der Waals surface area contributed by atoms with Gasteiger partial charge in [0.1, 0.15) is 31.0 Å². The number of hydrogen-bond donors (Lipinski definition) is 6. The van der Waals surface area contributed by atoms with Crippen LogP contribution in [0.25, 0.3) is 0 Å². The number of phenols is 2. The van der Waals surface area contributed by atoms with Gasteiger partial charge in [-0.3, -0.25) is 4.79 Å². The number of esters is 1. The van der Waals surface area contributed by atoms with Crippen molar-refractivity contribution >= 4 is 5.97 Å². The lowest BCUT2D eigenvalue weighted by atomic mass is 9.99. The van der Waals surface area contributed by atoms with Gasteiger partial charge in [-0.05, 0) is 30.2 Å². The minimum Gasteiger partial charge on any atom is -0.504 e. The van der Waals surface area contributed by atoms with Gasteiger partial charge in [-0.15, -0.1) is 0 Å². The molecule has 5 atom stereocenters. The number of ether oxygens (including phenoxy) is 3. The summed E-state index contributed by atoms with van der Waals surface area (Å²) in [6, 6.07) is 3.89. The Morgan fingerprint density at radius 3 is 2.52 bits per heavy atom. The molecule has 1 aliphatic heterocycles. The van der Waals surface area contributed by atoms with Crippen LogP contribution in [0.3, 0.4) is 0 Å². The number of benzene rings is 1. The molecule has 0 saturated carbocycles. The summed E-state index contributed by atoms with van der Waals surface area (Å²) >= 11 is 0. The van der Waals surface area contributed by atoms with Crippen molar-refractivity contribution in [1.29, 1.82) is 0 Å². The molecular weight excluding hydrogens is 388 g/mol. The highest BCUT2D eigenvalue weighted by Gasteiger charge is 2.44. The summed E-state index contributed by atoms with van der Waals surface area (Å²) < 4.78 is 15.9. The van der Waals surface area contributed by atoms with Gasteiger partial charge in [0.2, 0.25) is 0 Å². The molecule has 0 radical (unpaired) electrons. The third-order valence-electron chi connectivity index (χ3n) is 4.38. The molecule has 1 aliphatic rings. The Bertz CT molecular complexity index is 719. The van der Waals surface area contributed by atoms with Gasteiger partial charge in [0.15, 0.2) is 17.8 Å². The van der Waals surface area contributed by atoms with Crippen LogP contribution in [0.1, 0.15) is 12.5 Å². The molecule has 10 nitrogen and oxygen atoms in total. The molecule has 0 aromatic heterocycles. The highest BCUT2D eigenvalue weighted by atomic mass is 16.7. The van der Waals surface area contributed by atoms with Gasteiger partial charge < -0.3 is 44.8 Å². The quantitative estimate of drug-likeness (QED) is 0.175. The van der Waals surface area contributed by atoms with Gasteiger partial charge in [-0.2, -0.15) is 0 Å². The van der Waals surface area contributed by atoms with E-state index in [0.29, 0.717) is 11.1 Å². The molecule has 29 heavy (non-hydrogen) atoms. The fourth-order valence-corrected chi connectivity index (χ4v) is 2.69. The maximum absolute atomic E-state index is 12.0. The number of rotatable bonds is 8. The predicted octanol–water partition coefficient (Wildman–Crippen LogP) is -1.05. The fraction of sp³-hybridized carbons (Fsp3) is 0.526. The van der Waals surface area contributed by atoms with Crippen LogP contribution in [-0.4, -0.2) is 87.1 Å². The van der Waals surface area contributed by atoms with E-state index in [-0.39, 0.29) is 31.1 Å². The van der Waals surface area contributed by atoms with E-state index in [9.17, 15) is 30.3 Å². The Labute approximate surface area is 167 Å². The van der Waals surface area contributed by atoms with Crippen molar-refractivity contribution in [2.24, 2.45) is 0 Å². The molecule has 162 valence electrons. The molecule has 0 bridgehead atoms. The van der Waals surface area contributed by atoms with E-state index in [1.54, 1.807) is 6.92 Å². The second kappa shape index (κ2) is 10.5. The first-order valence-corrected chi connectivity index (χ1v) is 8.97. The van der Waals surface area contributed by atoms with Gasteiger partial charge in [-0.1, -0.05) is 12.1 Å². The largest absolute Gasteiger partial charge is 0.504 e. The molecule has 1 aromatic carbocycles. The van der Waals surface area contributed by atoms with E-state index in [2.05, 4.69) is 0 Å². The number of aromatic hydroxyl groups is 2. The number of carbonyl (C=O) groups is 1. The summed E-state index contributed by atoms with van der Waals surface area (Å²) in [6.45, 7) is 1.13. The van der Waals surface area contributed by atoms with Crippen molar-refractivity contribution in [1.82, 2.24) is 0 Å². The number of hydrogen-bond acceptors (Lipinski definition) is 10. The zero-order chi connectivity index (χ0) is 21.6. The average molecular weight is 414 g/mol. The molecule has 1 heterocycles. The highest BCUT2D eigenvalue weighted by molar-refractivity contribution is 5.73. The maximum atomic E-state index is 12.0. The van der Waals surface area contributed by atoms with Gasteiger partial charge in [0.05, 0.1) is 19.6 Å². The molecule has 10 heteroatoms. The molecular formula is C19H26O10. The van der Waals surface area contributed by atoms with Crippen molar-refractivity contribution in [3.8, 4) is 11.5 Å². The van der Waals surface area contributed by atoms with Crippen LogP contribution >= 0.6 is 0 Å². The molecule has 1 saturated heterocycles. The van der Waals surface area contributed by atoms with Crippen LogP contribution in [0.2, 0.25) is 0 Å². The summed E-state index contributed by atoms with van der Waals surface area (Å²) in [5.74, 6) is -1.38. The lowest BCUT2D eigenvalue weighted by Gasteiger charge is -2.40. The van der Waals surface area contributed by atoms with Crippen LogP contribution < -0.4 is 0 Å². The monoisotopic (exact) mass is 414 g/mol. The Balaban J connectivity index is 1.91. The van der Waals surface area contributed by atoms with Crippen molar-refractivity contribution in [2.45, 2.75) is 44.1 Å². The van der Waals surface area contributed by atoms with Crippen LogP contribution in [0.4, 0.5) is 0 Å². The van der Waals surface area contributed by atoms with Gasteiger partial charge in [0, 0.05) is 0 Å². The van der Waals surface area contributed by atoms with E-state index in [1.165, 1.54) is 24.3 Å². The minimum atomic E-state index is -1.58. The lowest BCUT2D eigenvalue weighted by Crippen LogP contribution is -2.59. The first-order valence-electron chi connectivity index (χ1n) is 8.97. The van der Waals surface area contributed by atoms with Gasteiger partial charge in [-0.25, -0.2) is 0 Å². The third kappa shape index (κ3) is 6.39. The van der Waals surface area contributed by atoms with E-state index in [4.69, 9.17) is 19.3 Å². The first-order chi connectivity index (χ1) is 13.7. The molecule has 0 spiro atoms. The van der Waals surface area contributed by atoms with E-state index < -0.39 is 43.3 Å². The topological polar surface area (TPSA) is 166 Å². The molecule has 0 aliphatic carbocycles. The smallest absolute Gasteiger partial charge is 0.310 e. The summed E-state index contributed by atoms with van der Waals surface area (Å²) in [5, 5.41) is 57.7. The van der Waals surface area contributed by atoms with Crippen molar-refractivity contribution in [3.63, 3.8) is 0 Å². The van der Waals surface area contributed by atoms with E-state index >= 15 is 0 Å². The third-order valence-corrected chi connectivity index (χ3v) is 4.38. The van der Waals surface area contributed by atoms with Crippen molar-refractivity contribution in [2.75, 3.05) is 19.8 Å². The normalized spacial score (nSPS) is 27.6. The second-order valence-electron chi connectivity index (χ2n) is 6.74. The zero-order valence-electron chi connectivity index (χ0n) is 15.8. The summed E-state index contributed by atoms with van der Waals surface area (Å²) in [4.78, 5) is 12.0. The minimum absolute atomic E-state index is 0.0158. The SMILES string of the molecule is C/C(=C\CO)CO[C@@H]1O[C@H](COC(=O)Cc2ccc(O)c(O)c2)[C@@H](O)[C@H](O)[C@H]1O. The van der Waals surface area contributed by atoms with Crippen LogP contribution in [0.5, 0.6) is 11.5 Å². The molecule has 0 unspecified atom stereocenters. The zero-order valence-corrected chi connectivity index (χ0v) is 15.8. The van der Waals surface area contributed by atoms with Crippen LogP contribution in [-0.2, 0) is 25.4 Å². The van der Waals surface area contributed by atoms with Gasteiger partial charge in [0.25, 0.3) is 0 Å². The second-order valence-corrected chi connectivity index (χ2v) is 6.74.